The van der Waals surface area contributed by atoms with E-state index in [4.69, 9.17) is 11.6 Å². The Hall–Kier alpha value is -1.98. The third kappa shape index (κ3) is 5.09. The maximum atomic E-state index is 11.2. The molecule has 0 saturated carbocycles. The fraction of sp³-hybridized carbons (Fsp3) is 0.125. The van der Waals surface area contributed by atoms with Crippen molar-refractivity contribution in [2.45, 2.75) is 16.7 Å². The molecule has 0 aromatic heterocycles. The maximum Gasteiger partial charge on any atom is 0.239 e. The summed E-state index contributed by atoms with van der Waals surface area (Å²) in [6, 6.07) is 15.1. The van der Waals surface area contributed by atoms with Crippen LogP contribution < -0.4 is 10.6 Å². The molecule has 4 nitrogen and oxygen atoms in total. The van der Waals surface area contributed by atoms with Gasteiger partial charge < -0.3 is 10.6 Å². The van der Waals surface area contributed by atoms with Crippen LogP contribution in [0, 0.1) is 0 Å². The molecule has 0 radical (unpaired) electrons. The van der Waals surface area contributed by atoms with Gasteiger partial charge in [-0.15, -0.1) is 11.6 Å². The average Bonchev–Trinajstić information content (AvgIpc) is 2.50. The van der Waals surface area contributed by atoms with E-state index in [1.54, 1.807) is 11.8 Å². The van der Waals surface area contributed by atoms with Crippen molar-refractivity contribution in [1.29, 1.82) is 0 Å². The molecule has 0 fully saturated rings. The van der Waals surface area contributed by atoms with Crippen LogP contribution >= 0.6 is 23.4 Å². The molecule has 2 aromatic carbocycles. The number of rotatable bonds is 5. The largest absolute Gasteiger partial charge is 0.326 e. The van der Waals surface area contributed by atoms with Gasteiger partial charge in [0.2, 0.25) is 11.8 Å². The Morgan fingerprint density at radius 2 is 1.36 bits per heavy atom. The van der Waals surface area contributed by atoms with Gasteiger partial charge in [-0.3, -0.25) is 9.59 Å². The van der Waals surface area contributed by atoms with Gasteiger partial charge in [0.25, 0.3) is 0 Å². The van der Waals surface area contributed by atoms with E-state index < -0.39 is 0 Å². The molecule has 0 atom stereocenters. The summed E-state index contributed by atoms with van der Waals surface area (Å²) in [5, 5.41) is 5.42. The van der Waals surface area contributed by atoms with Gasteiger partial charge in [0.15, 0.2) is 0 Å². The zero-order chi connectivity index (χ0) is 15.9. The van der Waals surface area contributed by atoms with Gasteiger partial charge in [-0.1, -0.05) is 11.8 Å². The van der Waals surface area contributed by atoms with E-state index in [0.717, 1.165) is 21.2 Å². The van der Waals surface area contributed by atoms with Crippen molar-refractivity contribution in [3.63, 3.8) is 0 Å². The second-order valence-corrected chi connectivity index (χ2v) is 5.93. The molecule has 0 saturated heterocycles. The van der Waals surface area contributed by atoms with Gasteiger partial charge in [-0.25, -0.2) is 0 Å². The number of nitrogens with one attached hydrogen (secondary N) is 2. The molecule has 22 heavy (non-hydrogen) atoms. The summed E-state index contributed by atoms with van der Waals surface area (Å²) in [6.07, 6.45) is 0. The first-order chi connectivity index (χ1) is 10.6. The lowest BCUT2D eigenvalue weighted by Gasteiger charge is -2.06. The molecule has 0 aliphatic carbocycles. The Balaban J connectivity index is 1.98. The normalized spacial score (nSPS) is 10.1. The summed E-state index contributed by atoms with van der Waals surface area (Å²) in [4.78, 5) is 24.3. The highest BCUT2D eigenvalue weighted by molar-refractivity contribution is 7.99. The fourth-order valence-electron chi connectivity index (χ4n) is 1.75. The van der Waals surface area contributed by atoms with Crippen LogP contribution in [0.2, 0.25) is 0 Å². The first kappa shape index (κ1) is 16.4. The Kier molecular flexibility index (Phi) is 5.86. The zero-order valence-electron chi connectivity index (χ0n) is 11.9. The van der Waals surface area contributed by atoms with E-state index >= 15 is 0 Å². The lowest BCUT2D eigenvalue weighted by atomic mass is 10.3. The monoisotopic (exact) mass is 334 g/mol. The molecule has 2 aromatic rings. The van der Waals surface area contributed by atoms with Crippen LogP contribution in [0.3, 0.4) is 0 Å². The number of benzene rings is 2. The minimum Gasteiger partial charge on any atom is -0.326 e. The minimum absolute atomic E-state index is 0.0584. The topological polar surface area (TPSA) is 58.2 Å². The van der Waals surface area contributed by atoms with Gasteiger partial charge in [0.1, 0.15) is 5.88 Å². The first-order valence-corrected chi connectivity index (χ1v) is 7.93. The van der Waals surface area contributed by atoms with Crippen LogP contribution in [0.25, 0.3) is 0 Å². The fourth-order valence-corrected chi connectivity index (χ4v) is 2.63. The molecule has 0 bridgehead atoms. The predicted molar refractivity (Wildman–Crippen MR) is 90.7 cm³/mol. The van der Waals surface area contributed by atoms with Crippen LogP contribution in [-0.4, -0.2) is 17.7 Å². The molecular formula is C16H15ClN2O2S. The van der Waals surface area contributed by atoms with Crippen LogP contribution in [-0.2, 0) is 9.59 Å². The van der Waals surface area contributed by atoms with E-state index in [0.29, 0.717) is 0 Å². The van der Waals surface area contributed by atoms with Crippen molar-refractivity contribution >= 4 is 46.6 Å². The van der Waals surface area contributed by atoms with Gasteiger partial charge in [-0.2, -0.15) is 0 Å². The van der Waals surface area contributed by atoms with E-state index in [1.807, 2.05) is 48.5 Å². The molecule has 0 aliphatic heterocycles. The van der Waals surface area contributed by atoms with Crippen molar-refractivity contribution in [3.05, 3.63) is 48.5 Å². The van der Waals surface area contributed by atoms with Crippen molar-refractivity contribution in [1.82, 2.24) is 0 Å². The highest BCUT2D eigenvalue weighted by Gasteiger charge is 2.02. The molecule has 2 amide bonds. The minimum atomic E-state index is -0.226. The number of halogens is 1. The van der Waals surface area contributed by atoms with Crippen molar-refractivity contribution in [3.8, 4) is 0 Å². The highest BCUT2D eigenvalue weighted by Crippen LogP contribution is 2.29. The SMILES string of the molecule is CC(=O)Nc1ccc(Sc2ccc(NC(=O)CCl)cc2)cc1. The molecule has 0 unspecified atom stereocenters. The lowest BCUT2D eigenvalue weighted by Crippen LogP contribution is -2.12. The Labute approximate surface area is 138 Å². The van der Waals surface area contributed by atoms with Gasteiger partial charge in [0, 0.05) is 28.1 Å². The van der Waals surface area contributed by atoms with Gasteiger partial charge >= 0.3 is 0 Å². The summed E-state index contributed by atoms with van der Waals surface area (Å²) >= 11 is 7.04. The highest BCUT2D eigenvalue weighted by atomic mass is 35.5. The molecule has 0 spiro atoms. The third-order valence-electron chi connectivity index (χ3n) is 2.67. The molecule has 114 valence electrons. The van der Waals surface area contributed by atoms with E-state index in [9.17, 15) is 9.59 Å². The standard InChI is InChI=1S/C16H15ClN2O2S/c1-11(20)18-12-2-6-14(7-3-12)22-15-8-4-13(5-9-15)19-16(21)10-17/h2-9H,10H2,1H3,(H,18,20)(H,19,21). The van der Waals surface area contributed by atoms with Crippen molar-refractivity contribution in [2.75, 3.05) is 16.5 Å². The Bertz CT molecular complexity index is 657. The number of hydrogen-bond acceptors (Lipinski definition) is 3. The number of hydrogen-bond donors (Lipinski definition) is 2. The number of carbonyl (C=O) groups is 2. The number of amides is 2. The molecular weight excluding hydrogens is 320 g/mol. The van der Waals surface area contributed by atoms with Crippen molar-refractivity contribution in [2.24, 2.45) is 0 Å². The number of carbonyl (C=O) groups excluding carboxylic acids is 2. The van der Waals surface area contributed by atoms with E-state index in [-0.39, 0.29) is 17.7 Å². The second kappa shape index (κ2) is 7.87. The smallest absolute Gasteiger partial charge is 0.239 e. The lowest BCUT2D eigenvalue weighted by molar-refractivity contribution is -0.114. The van der Waals surface area contributed by atoms with Crippen LogP contribution in [0.5, 0.6) is 0 Å². The molecule has 2 N–H and O–H groups in total. The van der Waals surface area contributed by atoms with Crippen LogP contribution in [0.15, 0.2) is 58.3 Å². The molecule has 0 aliphatic rings. The van der Waals surface area contributed by atoms with Crippen LogP contribution in [0.1, 0.15) is 6.92 Å². The summed E-state index contributed by atoms with van der Waals surface area (Å²) in [5.41, 5.74) is 1.49. The maximum absolute atomic E-state index is 11.2. The van der Waals surface area contributed by atoms with Crippen LogP contribution in [0.4, 0.5) is 11.4 Å². The van der Waals surface area contributed by atoms with Gasteiger partial charge in [0.05, 0.1) is 0 Å². The Morgan fingerprint density at radius 3 is 1.77 bits per heavy atom. The summed E-state index contributed by atoms with van der Waals surface area (Å²) < 4.78 is 0. The van der Waals surface area contributed by atoms with Crippen molar-refractivity contribution < 1.29 is 9.59 Å². The number of anilines is 2. The first-order valence-electron chi connectivity index (χ1n) is 6.58. The third-order valence-corrected chi connectivity index (χ3v) is 3.93. The summed E-state index contributed by atoms with van der Waals surface area (Å²) in [5.74, 6) is -0.373. The molecule has 6 heteroatoms. The van der Waals surface area contributed by atoms with Gasteiger partial charge in [-0.05, 0) is 48.5 Å². The number of alkyl halides is 1. The summed E-state index contributed by atoms with van der Waals surface area (Å²) in [7, 11) is 0. The zero-order valence-corrected chi connectivity index (χ0v) is 13.5. The molecule has 0 heterocycles. The van der Waals surface area contributed by atoms with E-state index in [2.05, 4.69) is 10.6 Å². The second-order valence-electron chi connectivity index (χ2n) is 4.51. The Morgan fingerprint density at radius 1 is 0.909 bits per heavy atom. The predicted octanol–water partition coefficient (Wildman–Crippen LogP) is 3.97. The average molecular weight is 335 g/mol. The summed E-state index contributed by atoms with van der Waals surface area (Å²) in [6.45, 7) is 1.48. The quantitative estimate of drug-likeness (QED) is 0.813. The van der Waals surface area contributed by atoms with E-state index in [1.165, 1.54) is 6.92 Å². The molecule has 2 rings (SSSR count).